The summed E-state index contributed by atoms with van der Waals surface area (Å²) in [4.78, 5) is 12.7. The molecular formula is C13H19NO2. The first kappa shape index (κ1) is 12.6. The van der Waals surface area contributed by atoms with Crippen molar-refractivity contribution in [3.8, 4) is 0 Å². The third-order valence-corrected chi connectivity index (χ3v) is 2.55. The van der Waals surface area contributed by atoms with Crippen molar-refractivity contribution in [3.05, 3.63) is 29.8 Å². The smallest absolute Gasteiger partial charge is 0.305 e. The van der Waals surface area contributed by atoms with Gasteiger partial charge in [0.05, 0.1) is 6.42 Å². The molecule has 0 spiro atoms. The van der Waals surface area contributed by atoms with Gasteiger partial charge in [-0.1, -0.05) is 25.1 Å². The number of aryl methyl sites for hydroxylation is 1. The zero-order chi connectivity index (χ0) is 12.0. The van der Waals surface area contributed by atoms with Crippen molar-refractivity contribution in [1.82, 2.24) is 0 Å². The predicted octanol–water partition coefficient (Wildman–Crippen LogP) is 2.69. The summed E-state index contributed by atoms with van der Waals surface area (Å²) in [6.45, 7) is 5.64. The number of hydrogen-bond donors (Lipinski definition) is 1. The van der Waals surface area contributed by atoms with E-state index in [1.54, 1.807) is 0 Å². The van der Waals surface area contributed by atoms with Gasteiger partial charge in [0.1, 0.15) is 0 Å². The minimum Gasteiger partial charge on any atom is -0.481 e. The van der Waals surface area contributed by atoms with Crippen molar-refractivity contribution in [2.75, 3.05) is 18.0 Å². The molecule has 1 N–H and O–H groups in total. The molecule has 1 rings (SSSR count). The van der Waals surface area contributed by atoms with Crippen LogP contribution in [-0.4, -0.2) is 24.2 Å². The fourth-order valence-electron chi connectivity index (χ4n) is 1.77. The van der Waals surface area contributed by atoms with Gasteiger partial charge in [0, 0.05) is 18.8 Å². The summed E-state index contributed by atoms with van der Waals surface area (Å²) in [7, 11) is 0. The molecule has 1 aromatic rings. The zero-order valence-electron chi connectivity index (χ0n) is 9.94. The number of carboxylic acids is 1. The summed E-state index contributed by atoms with van der Waals surface area (Å²) in [6.07, 6.45) is 1.21. The Kier molecular flexibility index (Phi) is 4.83. The lowest BCUT2D eigenvalue weighted by Crippen LogP contribution is -2.27. The van der Waals surface area contributed by atoms with Crippen LogP contribution in [0.4, 0.5) is 5.69 Å². The summed E-state index contributed by atoms with van der Waals surface area (Å²) in [5.41, 5.74) is 2.34. The highest BCUT2D eigenvalue weighted by Crippen LogP contribution is 2.19. The van der Waals surface area contributed by atoms with E-state index in [-0.39, 0.29) is 6.42 Å². The molecule has 16 heavy (non-hydrogen) atoms. The molecule has 0 fully saturated rings. The number of para-hydroxylation sites is 1. The van der Waals surface area contributed by atoms with E-state index in [2.05, 4.69) is 24.8 Å². The van der Waals surface area contributed by atoms with Gasteiger partial charge in [-0.15, -0.1) is 0 Å². The van der Waals surface area contributed by atoms with E-state index in [4.69, 9.17) is 5.11 Å². The molecule has 0 saturated carbocycles. The Morgan fingerprint density at radius 3 is 2.56 bits per heavy atom. The second kappa shape index (κ2) is 6.16. The molecule has 0 heterocycles. The van der Waals surface area contributed by atoms with Gasteiger partial charge in [-0.3, -0.25) is 4.79 Å². The van der Waals surface area contributed by atoms with Crippen LogP contribution in [0, 0.1) is 6.92 Å². The molecule has 88 valence electrons. The Morgan fingerprint density at radius 1 is 1.31 bits per heavy atom. The first-order chi connectivity index (χ1) is 7.65. The highest BCUT2D eigenvalue weighted by Gasteiger charge is 2.09. The molecule has 0 saturated heterocycles. The lowest BCUT2D eigenvalue weighted by Gasteiger charge is -2.25. The highest BCUT2D eigenvalue weighted by atomic mass is 16.4. The van der Waals surface area contributed by atoms with Gasteiger partial charge in [0.2, 0.25) is 0 Å². The molecule has 0 atom stereocenters. The highest BCUT2D eigenvalue weighted by molar-refractivity contribution is 5.68. The maximum absolute atomic E-state index is 10.6. The Hall–Kier alpha value is -1.51. The van der Waals surface area contributed by atoms with Gasteiger partial charge in [-0.05, 0) is 25.0 Å². The zero-order valence-corrected chi connectivity index (χ0v) is 9.94. The van der Waals surface area contributed by atoms with Crippen LogP contribution in [0.25, 0.3) is 0 Å². The van der Waals surface area contributed by atoms with Crippen LogP contribution in [0.3, 0.4) is 0 Å². The van der Waals surface area contributed by atoms with Crippen LogP contribution in [0.5, 0.6) is 0 Å². The second-order valence-corrected chi connectivity index (χ2v) is 3.92. The molecule has 0 bridgehead atoms. The molecule has 0 aromatic heterocycles. The minimum atomic E-state index is -0.741. The summed E-state index contributed by atoms with van der Waals surface area (Å²) < 4.78 is 0. The fraction of sp³-hybridized carbons (Fsp3) is 0.462. The number of nitrogens with zero attached hydrogens (tertiary/aromatic N) is 1. The predicted molar refractivity (Wildman–Crippen MR) is 65.9 cm³/mol. The summed E-state index contributed by atoms with van der Waals surface area (Å²) in [5.74, 6) is -0.741. The lowest BCUT2D eigenvalue weighted by atomic mass is 10.1. The molecular weight excluding hydrogens is 202 g/mol. The molecule has 3 heteroatoms. The Morgan fingerprint density at radius 2 is 2.00 bits per heavy atom. The molecule has 0 aliphatic rings. The monoisotopic (exact) mass is 221 g/mol. The first-order valence-electron chi connectivity index (χ1n) is 5.67. The van der Waals surface area contributed by atoms with Crippen LogP contribution >= 0.6 is 0 Å². The average Bonchev–Trinajstić information content (AvgIpc) is 2.25. The number of aliphatic carboxylic acids is 1. The lowest BCUT2D eigenvalue weighted by molar-refractivity contribution is -0.136. The summed E-state index contributed by atoms with van der Waals surface area (Å²) in [6, 6.07) is 8.09. The van der Waals surface area contributed by atoms with Gasteiger partial charge in [-0.25, -0.2) is 0 Å². The van der Waals surface area contributed by atoms with Crippen molar-refractivity contribution in [3.63, 3.8) is 0 Å². The minimum absolute atomic E-state index is 0.189. The second-order valence-electron chi connectivity index (χ2n) is 3.92. The number of rotatable bonds is 6. The molecule has 0 aliphatic carbocycles. The van der Waals surface area contributed by atoms with E-state index < -0.39 is 5.97 Å². The molecule has 0 unspecified atom stereocenters. The van der Waals surface area contributed by atoms with Crippen LogP contribution in [0.1, 0.15) is 25.3 Å². The van der Waals surface area contributed by atoms with Gasteiger partial charge < -0.3 is 10.0 Å². The molecule has 0 aliphatic heterocycles. The topological polar surface area (TPSA) is 40.5 Å². The van der Waals surface area contributed by atoms with Crippen molar-refractivity contribution in [1.29, 1.82) is 0 Å². The normalized spacial score (nSPS) is 10.1. The standard InChI is InChI=1S/C13H19NO2/c1-3-9-14(10-8-13(15)16)12-7-5-4-6-11(12)2/h4-7H,3,8-10H2,1-2H3,(H,15,16). The quantitative estimate of drug-likeness (QED) is 0.803. The Labute approximate surface area is 96.7 Å². The van der Waals surface area contributed by atoms with Crippen molar-refractivity contribution < 1.29 is 9.90 Å². The fourth-order valence-corrected chi connectivity index (χ4v) is 1.77. The van der Waals surface area contributed by atoms with E-state index in [0.717, 1.165) is 18.7 Å². The van der Waals surface area contributed by atoms with E-state index in [1.165, 1.54) is 5.56 Å². The van der Waals surface area contributed by atoms with Crippen LogP contribution in [0.2, 0.25) is 0 Å². The molecule has 0 amide bonds. The largest absolute Gasteiger partial charge is 0.481 e. The van der Waals surface area contributed by atoms with Crippen molar-refractivity contribution in [2.24, 2.45) is 0 Å². The Bertz CT molecular complexity index is 350. The average molecular weight is 221 g/mol. The van der Waals surface area contributed by atoms with E-state index in [0.29, 0.717) is 6.54 Å². The van der Waals surface area contributed by atoms with Gasteiger partial charge in [0.25, 0.3) is 0 Å². The van der Waals surface area contributed by atoms with Crippen molar-refractivity contribution >= 4 is 11.7 Å². The molecule has 0 radical (unpaired) electrons. The van der Waals surface area contributed by atoms with Gasteiger partial charge >= 0.3 is 5.97 Å². The van der Waals surface area contributed by atoms with Crippen LogP contribution in [-0.2, 0) is 4.79 Å². The maximum atomic E-state index is 10.6. The van der Waals surface area contributed by atoms with Crippen LogP contribution < -0.4 is 4.90 Å². The number of anilines is 1. The van der Waals surface area contributed by atoms with Gasteiger partial charge in [-0.2, -0.15) is 0 Å². The summed E-state index contributed by atoms with van der Waals surface area (Å²) >= 11 is 0. The number of carbonyl (C=O) groups is 1. The maximum Gasteiger partial charge on any atom is 0.305 e. The van der Waals surface area contributed by atoms with E-state index in [9.17, 15) is 4.79 Å². The number of benzene rings is 1. The van der Waals surface area contributed by atoms with E-state index in [1.807, 2.05) is 18.2 Å². The third kappa shape index (κ3) is 3.57. The Balaban J connectivity index is 2.76. The SMILES string of the molecule is CCCN(CCC(=O)O)c1ccccc1C. The van der Waals surface area contributed by atoms with Gasteiger partial charge in [0.15, 0.2) is 0 Å². The number of carboxylic acid groups (broad SMARTS) is 1. The third-order valence-electron chi connectivity index (χ3n) is 2.55. The van der Waals surface area contributed by atoms with Crippen molar-refractivity contribution in [2.45, 2.75) is 26.7 Å². The van der Waals surface area contributed by atoms with Crippen LogP contribution in [0.15, 0.2) is 24.3 Å². The number of hydrogen-bond acceptors (Lipinski definition) is 2. The molecule has 1 aromatic carbocycles. The van der Waals surface area contributed by atoms with E-state index >= 15 is 0 Å². The molecule has 3 nitrogen and oxygen atoms in total. The summed E-state index contributed by atoms with van der Waals surface area (Å²) in [5, 5.41) is 8.72. The first-order valence-corrected chi connectivity index (χ1v) is 5.67.